The molecule has 1 aliphatic heterocycles. The molecule has 2 atom stereocenters. The number of carbonyl (C=O) groups excluding carboxylic acids is 1. The summed E-state index contributed by atoms with van der Waals surface area (Å²) in [6.07, 6.45) is 3.52. The molecule has 1 amide bonds. The van der Waals surface area contributed by atoms with Crippen molar-refractivity contribution in [3.05, 3.63) is 30.1 Å². The third kappa shape index (κ3) is 4.76. The molecule has 1 aliphatic rings. The Kier molecular flexibility index (Phi) is 6.71. The SMILES string of the molecule is CC(C)[C@@H](C#N)N1CCN(C(=O)CN[C@H](C)c2ccncc2)CC1. The summed E-state index contributed by atoms with van der Waals surface area (Å²) in [5.74, 6) is 0.425. The maximum Gasteiger partial charge on any atom is 0.236 e. The predicted molar refractivity (Wildman–Crippen MR) is 93.0 cm³/mol. The Bertz CT molecular complexity index is 561. The van der Waals surface area contributed by atoms with Gasteiger partial charge >= 0.3 is 0 Å². The van der Waals surface area contributed by atoms with Crippen LogP contribution >= 0.6 is 0 Å². The molecule has 1 saturated heterocycles. The highest BCUT2D eigenvalue weighted by Gasteiger charge is 2.27. The summed E-state index contributed by atoms with van der Waals surface area (Å²) in [4.78, 5) is 20.5. The summed E-state index contributed by atoms with van der Waals surface area (Å²) < 4.78 is 0. The molecule has 24 heavy (non-hydrogen) atoms. The lowest BCUT2D eigenvalue weighted by atomic mass is 10.0. The van der Waals surface area contributed by atoms with Crippen molar-refractivity contribution in [3.63, 3.8) is 0 Å². The lowest BCUT2D eigenvalue weighted by molar-refractivity contribution is -0.132. The van der Waals surface area contributed by atoms with Crippen LogP contribution in [0.4, 0.5) is 0 Å². The smallest absolute Gasteiger partial charge is 0.236 e. The third-order valence-electron chi connectivity index (χ3n) is 4.59. The monoisotopic (exact) mass is 329 g/mol. The Hall–Kier alpha value is -1.97. The van der Waals surface area contributed by atoms with Crippen molar-refractivity contribution in [2.24, 2.45) is 5.92 Å². The highest BCUT2D eigenvalue weighted by atomic mass is 16.2. The Balaban J connectivity index is 1.78. The number of rotatable bonds is 6. The van der Waals surface area contributed by atoms with E-state index in [2.05, 4.69) is 35.1 Å². The zero-order valence-electron chi connectivity index (χ0n) is 14.8. The first-order chi connectivity index (χ1) is 11.5. The maximum atomic E-state index is 12.4. The molecule has 0 bridgehead atoms. The van der Waals surface area contributed by atoms with E-state index in [1.165, 1.54) is 0 Å². The van der Waals surface area contributed by atoms with E-state index < -0.39 is 0 Å². The molecular weight excluding hydrogens is 302 g/mol. The number of aromatic nitrogens is 1. The second kappa shape index (κ2) is 8.76. The first-order valence-corrected chi connectivity index (χ1v) is 8.57. The van der Waals surface area contributed by atoms with Crippen LogP contribution in [0.25, 0.3) is 0 Å². The zero-order chi connectivity index (χ0) is 17.5. The van der Waals surface area contributed by atoms with Crippen molar-refractivity contribution in [3.8, 4) is 6.07 Å². The Morgan fingerprint density at radius 1 is 1.25 bits per heavy atom. The van der Waals surface area contributed by atoms with Crippen molar-refractivity contribution < 1.29 is 4.79 Å². The van der Waals surface area contributed by atoms with Gasteiger partial charge in [-0.25, -0.2) is 0 Å². The average Bonchev–Trinajstić information content (AvgIpc) is 2.61. The van der Waals surface area contributed by atoms with E-state index in [1.54, 1.807) is 12.4 Å². The molecular formula is C18H27N5O. The van der Waals surface area contributed by atoms with E-state index in [1.807, 2.05) is 24.0 Å². The molecule has 6 heteroatoms. The van der Waals surface area contributed by atoms with E-state index >= 15 is 0 Å². The fourth-order valence-electron chi connectivity index (χ4n) is 3.02. The van der Waals surface area contributed by atoms with Gasteiger partial charge < -0.3 is 10.2 Å². The van der Waals surface area contributed by atoms with Gasteiger partial charge in [0, 0.05) is 44.6 Å². The minimum atomic E-state index is -0.0629. The number of amides is 1. The van der Waals surface area contributed by atoms with E-state index in [0.29, 0.717) is 25.6 Å². The molecule has 0 radical (unpaired) electrons. The molecule has 0 aliphatic carbocycles. The molecule has 1 N–H and O–H groups in total. The first kappa shape index (κ1) is 18.4. The van der Waals surface area contributed by atoms with Crippen LogP contribution in [-0.4, -0.2) is 59.5 Å². The minimum Gasteiger partial charge on any atom is -0.339 e. The van der Waals surface area contributed by atoms with Gasteiger partial charge in [0.2, 0.25) is 5.91 Å². The number of hydrogen-bond acceptors (Lipinski definition) is 5. The summed E-state index contributed by atoms with van der Waals surface area (Å²) in [7, 11) is 0. The summed E-state index contributed by atoms with van der Waals surface area (Å²) in [6.45, 7) is 9.41. The van der Waals surface area contributed by atoms with Crippen LogP contribution in [0.1, 0.15) is 32.4 Å². The van der Waals surface area contributed by atoms with Crippen LogP contribution in [-0.2, 0) is 4.79 Å². The lowest BCUT2D eigenvalue weighted by Crippen LogP contribution is -2.54. The summed E-state index contributed by atoms with van der Waals surface area (Å²) >= 11 is 0. The molecule has 2 rings (SSSR count). The quantitative estimate of drug-likeness (QED) is 0.855. The van der Waals surface area contributed by atoms with Gasteiger partial charge in [0.1, 0.15) is 6.04 Å². The van der Waals surface area contributed by atoms with Gasteiger partial charge in [0.25, 0.3) is 0 Å². The van der Waals surface area contributed by atoms with Gasteiger partial charge in [-0.3, -0.25) is 14.7 Å². The average molecular weight is 329 g/mol. The van der Waals surface area contributed by atoms with Crippen LogP contribution in [0.3, 0.4) is 0 Å². The Morgan fingerprint density at radius 3 is 2.42 bits per heavy atom. The van der Waals surface area contributed by atoms with Gasteiger partial charge in [-0.1, -0.05) is 13.8 Å². The number of hydrogen-bond donors (Lipinski definition) is 1. The second-order valence-electron chi connectivity index (χ2n) is 6.62. The van der Waals surface area contributed by atoms with Gasteiger partial charge in [-0.05, 0) is 30.5 Å². The summed E-state index contributed by atoms with van der Waals surface area (Å²) in [5.41, 5.74) is 1.12. The molecule has 0 saturated carbocycles. The highest BCUT2D eigenvalue weighted by Crippen LogP contribution is 2.14. The number of piperazine rings is 1. The summed E-state index contributed by atoms with van der Waals surface area (Å²) in [5, 5.41) is 12.6. The van der Waals surface area contributed by atoms with Crippen molar-refractivity contribution >= 4 is 5.91 Å². The fraction of sp³-hybridized carbons (Fsp3) is 0.611. The number of carbonyl (C=O) groups is 1. The first-order valence-electron chi connectivity index (χ1n) is 8.57. The largest absolute Gasteiger partial charge is 0.339 e. The predicted octanol–water partition coefficient (Wildman–Crippen LogP) is 1.42. The molecule has 130 valence electrons. The van der Waals surface area contributed by atoms with Gasteiger partial charge in [0.15, 0.2) is 0 Å². The van der Waals surface area contributed by atoms with E-state index in [-0.39, 0.29) is 18.0 Å². The number of nitrogens with one attached hydrogen (secondary N) is 1. The van der Waals surface area contributed by atoms with E-state index in [9.17, 15) is 10.1 Å². The molecule has 0 aromatic carbocycles. The fourth-order valence-corrected chi connectivity index (χ4v) is 3.02. The molecule has 1 aromatic rings. The van der Waals surface area contributed by atoms with E-state index in [4.69, 9.17) is 0 Å². The van der Waals surface area contributed by atoms with Crippen molar-refractivity contribution in [1.29, 1.82) is 5.26 Å². The highest BCUT2D eigenvalue weighted by molar-refractivity contribution is 5.78. The van der Waals surface area contributed by atoms with Crippen LogP contribution in [0, 0.1) is 17.2 Å². The molecule has 1 aromatic heterocycles. The van der Waals surface area contributed by atoms with Crippen molar-refractivity contribution in [2.45, 2.75) is 32.9 Å². The lowest BCUT2D eigenvalue weighted by Gasteiger charge is -2.38. The third-order valence-corrected chi connectivity index (χ3v) is 4.59. The Labute approximate surface area is 144 Å². The molecule has 6 nitrogen and oxygen atoms in total. The van der Waals surface area contributed by atoms with Crippen molar-refractivity contribution in [2.75, 3.05) is 32.7 Å². The second-order valence-corrected chi connectivity index (χ2v) is 6.62. The number of nitriles is 1. The zero-order valence-corrected chi connectivity index (χ0v) is 14.8. The Morgan fingerprint density at radius 2 is 1.88 bits per heavy atom. The van der Waals surface area contributed by atoms with Crippen LogP contribution in [0.2, 0.25) is 0 Å². The molecule has 2 heterocycles. The van der Waals surface area contributed by atoms with Gasteiger partial charge in [-0.15, -0.1) is 0 Å². The van der Waals surface area contributed by atoms with Crippen molar-refractivity contribution in [1.82, 2.24) is 20.1 Å². The normalized spacial score (nSPS) is 18.2. The maximum absolute atomic E-state index is 12.4. The van der Waals surface area contributed by atoms with Gasteiger partial charge in [0.05, 0.1) is 12.6 Å². The van der Waals surface area contributed by atoms with Crippen LogP contribution < -0.4 is 5.32 Å². The van der Waals surface area contributed by atoms with Gasteiger partial charge in [-0.2, -0.15) is 5.26 Å². The van der Waals surface area contributed by atoms with Crippen LogP contribution in [0.5, 0.6) is 0 Å². The molecule has 1 fully saturated rings. The standard InChI is InChI=1S/C18H27N5O/c1-14(2)17(12-19)22-8-10-23(11-9-22)18(24)13-21-15(3)16-4-6-20-7-5-16/h4-7,14-15,17,21H,8-11,13H2,1-3H3/t15-,17-/m1/s1. The van der Waals surface area contributed by atoms with Crippen LogP contribution in [0.15, 0.2) is 24.5 Å². The van der Waals surface area contributed by atoms with E-state index in [0.717, 1.165) is 18.7 Å². The topological polar surface area (TPSA) is 72.3 Å². The number of nitrogens with zero attached hydrogens (tertiary/aromatic N) is 4. The summed E-state index contributed by atoms with van der Waals surface area (Å²) in [6, 6.07) is 6.34. The minimum absolute atomic E-state index is 0.0629. The number of pyridine rings is 1. The molecule has 0 unspecified atom stereocenters. The molecule has 0 spiro atoms.